The van der Waals surface area contributed by atoms with Gasteiger partial charge in [-0.05, 0) is 26.0 Å². The molecule has 0 aliphatic rings. The molecule has 1 N–H and O–H groups in total. The number of esters is 1. The molecule has 0 heterocycles. The molecule has 0 saturated heterocycles. The summed E-state index contributed by atoms with van der Waals surface area (Å²) in [5.41, 5.74) is 0. The first kappa shape index (κ1) is 17.2. The average molecular weight is 274 g/mol. The van der Waals surface area contributed by atoms with E-state index < -0.39 is 12.0 Å². The number of carbonyl (C=O) groups is 2. The van der Waals surface area contributed by atoms with E-state index in [1.165, 1.54) is 11.8 Å². The summed E-state index contributed by atoms with van der Waals surface area (Å²) in [5.74, 6) is -0.211. The van der Waals surface area contributed by atoms with Crippen LogP contribution in [0.2, 0.25) is 0 Å². The van der Waals surface area contributed by atoms with Gasteiger partial charge < -0.3 is 9.84 Å². The van der Waals surface area contributed by atoms with Crippen molar-refractivity contribution in [3.8, 4) is 0 Å². The maximum Gasteiger partial charge on any atom is 0.305 e. The van der Waals surface area contributed by atoms with Gasteiger partial charge in [0.15, 0.2) is 5.12 Å². The Kier molecular flexibility index (Phi) is 9.69. The Hall–Kier alpha value is -0.810. The van der Waals surface area contributed by atoms with Crippen molar-refractivity contribution in [1.82, 2.24) is 0 Å². The quantitative estimate of drug-likeness (QED) is 0.543. The molecule has 0 fully saturated rings. The zero-order valence-corrected chi connectivity index (χ0v) is 12.0. The second-order valence-electron chi connectivity index (χ2n) is 3.72. The second kappa shape index (κ2) is 10.1. The lowest BCUT2D eigenvalue weighted by Gasteiger charge is -2.18. The standard InChI is InChI=1S/C13H22O4S/c1-4-7-11(14)10(13(16)18-6-3)8-9-12(15)17-5-2/h4,7,10-11,14H,5-6,8-9H2,1-3H3/b7-4+/t10-,11-/m1/s1. The van der Waals surface area contributed by atoms with Gasteiger partial charge in [-0.3, -0.25) is 9.59 Å². The normalized spacial score (nSPS) is 14.4. The van der Waals surface area contributed by atoms with Crippen LogP contribution >= 0.6 is 11.8 Å². The third kappa shape index (κ3) is 6.81. The topological polar surface area (TPSA) is 63.6 Å². The predicted molar refractivity (Wildman–Crippen MR) is 73.3 cm³/mol. The maximum absolute atomic E-state index is 11.8. The molecule has 0 aliphatic carbocycles. The molecule has 0 radical (unpaired) electrons. The fourth-order valence-electron chi connectivity index (χ4n) is 1.52. The molecule has 0 aromatic heterocycles. The average Bonchev–Trinajstić information content (AvgIpc) is 2.30. The van der Waals surface area contributed by atoms with Gasteiger partial charge in [-0.15, -0.1) is 0 Å². The van der Waals surface area contributed by atoms with Crippen LogP contribution in [0.25, 0.3) is 0 Å². The van der Waals surface area contributed by atoms with Crippen molar-refractivity contribution in [2.45, 2.75) is 39.7 Å². The van der Waals surface area contributed by atoms with Gasteiger partial charge in [0.05, 0.1) is 18.6 Å². The Balaban J connectivity index is 4.47. The molecule has 5 heteroatoms. The largest absolute Gasteiger partial charge is 0.466 e. The zero-order chi connectivity index (χ0) is 14.0. The van der Waals surface area contributed by atoms with Gasteiger partial charge in [0.2, 0.25) is 0 Å². The first-order valence-corrected chi connectivity index (χ1v) is 7.18. The number of thioether (sulfide) groups is 1. The molecular formula is C13H22O4S. The Morgan fingerprint density at radius 2 is 2.06 bits per heavy atom. The van der Waals surface area contributed by atoms with E-state index in [4.69, 9.17) is 4.74 Å². The summed E-state index contributed by atoms with van der Waals surface area (Å²) in [6.45, 7) is 5.73. The molecular weight excluding hydrogens is 252 g/mol. The molecule has 104 valence electrons. The lowest BCUT2D eigenvalue weighted by molar-refractivity contribution is -0.143. The molecule has 0 unspecified atom stereocenters. The summed E-state index contributed by atoms with van der Waals surface area (Å²) < 4.78 is 4.82. The summed E-state index contributed by atoms with van der Waals surface area (Å²) in [4.78, 5) is 23.1. The minimum atomic E-state index is -0.837. The molecule has 0 aliphatic heterocycles. The number of aliphatic hydroxyl groups excluding tert-OH is 1. The molecule has 18 heavy (non-hydrogen) atoms. The van der Waals surface area contributed by atoms with Crippen LogP contribution in [0, 0.1) is 5.92 Å². The monoisotopic (exact) mass is 274 g/mol. The number of hydrogen-bond acceptors (Lipinski definition) is 5. The molecule has 0 aromatic carbocycles. The summed E-state index contributed by atoms with van der Waals surface area (Å²) in [6.07, 6.45) is 2.91. The number of hydrogen-bond donors (Lipinski definition) is 1. The van der Waals surface area contributed by atoms with Crippen LogP contribution in [0.5, 0.6) is 0 Å². The van der Waals surface area contributed by atoms with Crippen molar-refractivity contribution in [3.63, 3.8) is 0 Å². The van der Waals surface area contributed by atoms with E-state index in [9.17, 15) is 14.7 Å². The van der Waals surface area contributed by atoms with E-state index in [2.05, 4.69) is 0 Å². The highest BCUT2D eigenvalue weighted by Gasteiger charge is 2.25. The van der Waals surface area contributed by atoms with Crippen LogP contribution in [-0.2, 0) is 14.3 Å². The van der Waals surface area contributed by atoms with Gasteiger partial charge in [0, 0.05) is 6.42 Å². The minimum Gasteiger partial charge on any atom is -0.466 e. The minimum absolute atomic E-state index is 0.0765. The van der Waals surface area contributed by atoms with E-state index in [0.29, 0.717) is 18.8 Å². The van der Waals surface area contributed by atoms with Gasteiger partial charge in [-0.2, -0.15) is 0 Å². The fourth-order valence-corrected chi connectivity index (χ4v) is 2.27. The predicted octanol–water partition coefficient (Wildman–Crippen LogP) is 2.16. The molecule has 0 aromatic rings. The number of aliphatic hydroxyl groups is 1. The van der Waals surface area contributed by atoms with Crippen molar-refractivity contribution in [2.24, 2.45) is 5.92 Å². The molecule has 0 rings (SSSR count). The fraction of sp³-hybridized carbons (Fsp3) is 0.692. The number of allylic oxidation sites excluding steroid dienone is 1. The van der Waals surface area contributed by atoms with Crippen LogP contribution < -0.4 is 0 Å². The molecule has 0 bridgehead atoms. The summed E-state index contributed by atoms with van der Waals surface area (Å²) in [7, 11) is 0. The van der Waals surface area contributed by atoms with Crippen LogP contribution in [0.1, 0.15) is 33.6 Å². The van der Waals surface area contributed by atoms with E-state index in [0.717, 1.165) is 0 Å². The van der Waals surface area contributed by atoms with Crippen molar-refractivity contribution in [2.75, 3.05) is 12.4 Å². The van der Waals surface area contributed by atoms with Crippen molar-refractivity contribution >= 4 is 22.8 Å². The first-order chi connectivity index (χ1) is 8.56. The van der Waals surface area contributed by atoms with Gasteiger partial charge in [0.25, 0.3) is 0 Å². The second-order valence-corrected chi connectivity index (χ2v) is 4.99. The molecule has 0 amide bonds. The number of carbonyl (C=O) groups excluding carboxylic acids is 2. The first-order valence-electron chi connectivity index (χ1n) is 6.19. The smallest absolute Gasteiger partial charge is 0.305 e. The maximum atomic E-state index is 11.8. The van der Waals surface area contributed by atoms with Gasteiger partial charge in [-0.25, -0.2) is 0 Å². The zero-order valence-electron chi connectivity index (χ0n) is 11.2. The van der Waals surface area contributed by atoms with E-state index in [1.54, 1.807) is 26.0 Å². The lowest BCUT2D eigenvalue weighted by Crippen LogP contribution is -2.26. The third-order valence-electron chi connectivity index (χ3n) is 2.36. The summed E-state index contributed by atoms with van der Waals surface area (Å²) in [6, 6.07) is 0. The lowest BCUT2D eigenvalue weighted by atomic mass is 9.97. The van der Waals surface area contributed by atoms with Crippen molar-refractivity contribution in [3.05, 3.63) is 12.2 Å². The van der Waals surface area contributed by atoms with Crippen LogP contribution in [0.15, 0.2) is 12.2 Å². The van der Waals surface area contributed by atoms with Crippen molar-refractivity contribution < 1.29 is 19.4 Å². The van der Waals surface area contributed by atoms with Crippen LogP contribution in [-0.4, -0.2) is 34.7 Å². The highest BCUT2D eigenvalue weighted by Crippen LogP contribution is 2.21. The van der Waals surface area contributed by atoms with Gasteiger partial charge in [0.1, 0.15) is 0 Å². The van der Waals surface area contributed by atoms with Gasteiger partial charge >= 0.3 is 5.97 Å². The Morgan fingerprint density at radius 1 is 1.39 bits per heavy atom. The Morgan fingerprint density at radius 3 is 2.56 bits per heavy atom. The molecule has 0 spiro atoms. The SMILES string of the molecule is C/C=C/[C@@H](O)[C@@H](CCC(=O)OCC)C(=O)SCC. The highest BCUT2D eigenvalue weighted by atomic mass is 32.2. The van der Waals surface area contributed by atoms with Crippen LogP contribution in [0.3, 0.4) is 0 Å². The summed E-state index contributed by atoms with van der Waals surface area (Å²) in [5, 5.41) is 9.80. The van der Waals surface area contributed by atoms with Crippen LogP contribution in [0.4, 0.5) is 0 Å². The van der Waals surface area contributed by atoms with Gasteiger partial charge in [-0.1, -0.05) is 30.8 Å². The Bertz CT molecular complexity index is 289. The molecule has 2 atom stereocenters. The highest BCUT2D eigenvalue weighted by molar-refractivity contribution is 8.13. The molecule has 0 saturated carbocycles. The number of rotatable bonds is 8. The number of ether oxygens (including phenoxy) is 1. The third-order valence-corrected chi connectivity index (χ3v) is 3.23. The Labute approximate surface area is 113 Å². The molecule has 4 nitrogen and oxygen atoms in total. The van der Waals surface area contributed by atoms with Crippen molar-refractivity contribution in [1.29, 1.82) is 0 Å². The van der Waals surface area contributed by atoms with E-state index in [-0.39, 0.29) is 17.5 Å². The van der Waals surface area contributed by atoms with E-state index >= 15 is 0 Å². The summed E-state index contributed by atoms with van der Waals surface area (Å²) >= 11 is 1.17. The van der Waals surface area contributed by atoms with E-state index in [1.807, 2.05) is 6.92 Å².